The zero-order valence-electron chi connectivity index (χ0n) is 10.5. The molecule has 0 aliphatic carbocycles. The van der Waals surface area contributed by atoms with E-state index < -0.39 is 0 Å². The zero-order chi connectivity index (χ0) is 12.1. The van der Waals surface area contributed by atoms with Gasteiger partial charge in [0.25, 0.3) is 0 Å². The fourth-order valence-electron chi connectivity index (χ4n) is 2.57. The van der Waals surface area contributed by atoms with Crippen molar-refractivity contribution >= 4 is 0 Å². The number of hydrogen-bond donors (Lipinski definition) is 2. The van der Waals surface area contributed by atoms with E-state index in [9.17, 15) is 0 Å². The Morgan fingerprint density at radius 2 is 2.12 bits per heavy atom. The first kappa shape index (κ1) is 12.6. The minimum atomic E-state index is 0.224. The van der Waals surface area contributed by atoms with Crippen LogP contribution in [0, 0.1) is 0 Å². The third kappa shape index (κ3) is 3.28. The van der Waals surface area contributed by atoms with Crippen molar-refractivity contribution in [2.45, 2.75) is 32.0 Å². The van der Waals surface area contributed by atoms with Crippen LogP contribution in [0.25, 0.3) is 0 Å². The van der Waals surface area contributed by atoms with Gasteiger partial charge in [-0.05, 0) is 18.9 Å². The van der Waals surface area contributed by atoms with Crippen LogP contribution in [0.3, 0.4) is 0 Å². The molecule has 0 saturated carbocycles. The number of benzene rings is 1. The topological polar surface area (TPSA) is 35.5 Å². The Morgan fingerprint density at radius 1 is 1.35 bits per heavy atom. The highest BCUT2D eigenvalue weighted by Gasteiger charge is 2.29. The van der Waals surface area contributed by atoms with Crippen LogP contribution < -0.4 is 5.32 Å². The van der Waals surface area contributed by atoms with Gasteiger partial charge in [-0.25, -0.2) is 0 Å². The second-order valence-electron chi connectivity index (χ2n) is 4.77. The Labute approximate surface area is 103 Å². The number of aliphatic hydroxyl groups is 1. The van der Waals surface area contributed by atoms with Crippen molar-refractivity contribution in [3.8, 4) is 0 Å². The lowest BCUT2D eigenvalue weighted by Gasteiger charge is -2.25. The molecule has 94 valence electrons. The molecule has 0 aromatic heterocycles. The second kappa shape index (κ2) is 6.15. The Kier molecular flexibility index (Phi) is 4.54. The minimum absolute atomic E-state index is 0.224. The summed E-state index contributed by atoms with van der Waals surface area (Å²) < 4.78 is 0. The highest BCUT2D eigenvalue weighted by Crippen LogP contribution is 2.20. The Balaban J connectivity index is 1.87. The van der Waals surface area contributed by atoms with Gasteiger partial charge in [0.2, 0.25) is 0 Å². The smallest absolute Gasteiger partial charge is 0.0556 e. The molecule has 17 heavy (non-hydrogen) atoms. The van der Waals surface area contributed by atoms with Crippen LogP contribution in [0.1, 0.15) is 18.9 Å². The van der Waals surface area contributed by atoms with Gasteiger partial charge in [-0.3, -0.25) is 4.90 Å². The highest BCUT2D eigenvalue weighted by atomic mass is 16.3. The van der Waals surface area contributed by atoms with Crippen molar-refractivity contribution in [1.82, 2.24) is 10.2 Å². The molecule has 0 amide bonds. The minimum Gasteiger partial charge on any atom is -0.395 e. The molecule has 2 unspecified atom stereocenters. The van der Waals surface area contributed by atoms with Gasteiger partial charge in [0.1, 0.15) is 0 Å². The third-order valence-electron chi connectivity index (χ3n) is 3.63. The summed E-state index contributed by atoms with van der Waals surface area (Å²) in [5.74, 6) is 0. The van der Waals surface area contributed by atoms with Crippen LogP contribution >= 0.6 is 0 Å². The third-order valence-corrected chi connectivity index (χ3v) is 3.63. The average Bonchev–Trinajstić information content (AvgIpc) is 2.70. The Morgan fingerprint density at radius 3 is 2.82 bits per heavy atom. The lowest BCUT2D eigenvalue weighted by atomic mass is 10.1. The summed E-state index contributed by atoms with van der Waals surface area (Å²) in [6.45, 7) is 5.36. The van der Waals surface area contributed by atoms with E-state index in [4.69, 9.17) is 5.11 Å². The van der Waals surface area contributed by atoms with E-state index in [2.05, 4.69) is 47.5 Å². The van der Waals surface area contributed by atoms with Crippen LogP contribution in [-0.4, -0.2) is 41.8 Å². The predicted octanol–water partition coefficient (Wildman–Crippen LogP) is 1.23. The lowest BCUT2D eigenvalue weighted by molar-refractivity contribution is 0.232. The first-order valence-electron chi connectivity index (χ1n) is 6.43. The monoisotopic (exact) mass is 234 g/mol. The van der Waals surface area contributed by atoms with E-state index in [0.717, 1.165) is 13.1 Å². The Hall–Kier alpha value is -0.900. The maximum atomic E-state index is 8.84. The zero-order valence-corrected chi connectivity index (χ0v) is 10.5. The Bertz CT molecular complexity index is 328. The van der Waals surface area contributed by atoms with E-state index in [1.54, 1.807) is 0 Å². The normalized spacial score (nSPS) is 25.3. The summed E-state index contributed by atoms with van der Waals surface area (Å²) in [6, 6.07) is 11.7. The molecule has 0 radical (unpaired) electrons. The van der Waals surface area contributed by atoms with Crippen molar-refractivity contribution in [2.75, 3.05) is 19.7 Å². The summed E-state index contributed by atoms with van der Waals surface area (Å²) in [5.41, 5.74) is 1.38. The van der Waals surface area contributed by atoms with Crippen LogP contribution in [0.5, 0.6) is 0 Å². The first-order chi connectivity index (χ1) is 8.31. The molecule has 1 aliphatic rings. The number of nitrogens with one attached hydrogen (secondary N) is 1. The standard InChI is InChI=1S/C14H22N2O/c1-12-14(15-8-10-17)7-9-16(12)11-13-5-3-2-4-6-13/h2-6,12,14-15,17H,7-11H2,1H3. The molecule has 2 N–H and O–H groups in total. The molecule has 1 aromatic rings. The van der Waals surface area contributed by atoms with E-state index in [0.29, 0.717) is 18.6 Å². The highest BCUT2D eigenvalue weighted by molar-refractivity contribution is 5.15. The fraction of sp³-hybridized carbons (Fsp3) is 0.571. The summed E-state index contributed by atoms with van der Waals surface area (Å²) in [4.78, 5) is 2.50. The molecular formula is C14H22N2O. The van der Waals surface area contributed by atoms with Gasteiger partial charge in [0, 0.05) is 31.7 Å². The lowest BCUT2D eigenvalue weighted by Crippen LogP contribution is -2.41. The molecule has 1 aliphatic heterocycles. The van der Waals surface area contributed by atoms with Gasteiger partial charge in [-0.15, -0.1) is 0 Å². The molecule has 1 aromatic carbocycles. The van der Waals surface area contributed by atoms with Gasteiger partial charge < -0.3 is 10.4 Å². The molecule has 3 nitrogen and oxygen atoms in total. The first-order valence-corrected chi connectivity index (χ1v) is 6.43. The van der Waals surface area contributed by atoms with Crippen molar-refractivity contribution in [3.05, 3.63) is 35.9 Å². The molecule has 2 rings (SSSR count). The van der Waals surface area contributed by atoms with Gasteiger partial charge in [-0.1, -0.05) is 30.3 Å². The molecule has 0 spiro atoms. The molecule has 1 saturated heterocycles. The van der Waals surface area contributed by atoms with Crippen LogP contribution in [-0.2, 0) is 6.54 Å². The number of aliphatic hydroxyl groups excluding tert-OH is 1. The van der Waals surface area contributed by atoms with Crippen LogP contribution in [0.15, 0.2) is 30.3 Å². The fourth-order valence-corrected chi connectivity index (χ4v) is 2.57. The molecule has 1 heterocycles. The van der Waals surface area contributed by atoms with Gasteiger partial charge in [-0.2, -0.15) is 0 Å². The molecular weight excluding hydrogens is 212 g/mol. The van der Waals surface area contributed by atoms with Crippen molar-refractivity contribution in [2.24, 2.45) is 0 Å². The van der Waals surface area contributed by atoms with E-state index in [1.807, 2.05) is 0 Å². The SMILES string of the molecule is CC1C(NCCO)CCN1Cc1ccccc1. The van der Waals surface area contributed by atoms with Crippen molar-refractivity contribution < 1.29 is 5.11 Å². The number of likely N-dealkylation sites (tertiary alicyclic amines) is 1. The quantitative estimate of drug-likeness (QED) is 0.804. The number of nitrogens with zero attached hydrogens (tertiary/aromatic N) is 1. The molecule has 2 atom stereocenters. The van der Waals surface area contributed by atoms with E-state index >= 15 is 0 Å². The van der Waals surface area contributed by atoms with Gasteiger partial charge in [0.05, 0.1) is 6.61 Å². The number of rotatable bonds is 5. The average molecular weight is 234 g/mol. The summed E-state index contributed by atoms with van der Waals surface area (Å²) in [5, 5.41) is 12.2. The summed E-state index contributed by atoms with van der Waals surface area (Å²) >= 11 is 0. The van der Waals surface area contributed by atoms with Crippen LogP contribution in [0.2, 0.25) is 0 Å². The van der Waals surface area contributed by atoms with Gasteiger partial charge in [0.15, 0.2) is 0 Å². The summed E-state index contributed by atoms with van der Waals surface area (Å²) in [6.07, 6.45) is 1.17. The second-order valence-corrected chi connectivity index (χ2v) is 4.77. The molecule has 1 fully saturated rings. The van der Waals surface area contributed by atoms with Gasteiger partial charge >= 0.3 is 0 Å². The maximum Gasteiger partial charge on any atom is 0.0556 e. The van der Waals surface area contributed by atoms with Crippen LogP contribution in [0.4, 0.5) is 0 Å². The molecule has 0 bridgehead atoms. The maximum absolute atomic E-state index is 8.84. The van der Waals surface area contributed by atoms with Crippen molar-refractivity contribution in [1.29, 1.82) is 0 Å². The largest absolute Gasteiger partial charge is 0.395 e. The summed E-state index contributed by atoms with van der Waals surface area (Å²) in [7, 11) is 0. The number of hydrogen-bond acceptors (Lipinski definition) is 3. The van der Waals surface area contributed by atoms with Crippen molar-refractivity contribution in [3.63, 3.8) is 0 Å². The molecule has 3 heteroatoms. The predicted molar refractivity (Wildman–Crippen MR) is 69.8 cm³/mol. The van der Waals surface area contributed by atoms with E-state index in [-0.39, 0.29) is 6.61 Å². The van der Waals surface area contributed by atoms with E-state index in [1.165, 1.54) is 12.0 Å².